The van der Waals surface area contributed by atoms with E-state index in [2.05, 4.69) is 0 Å². The van der Waals surface area contributed by atoms with E-state index in [1.807, 2.05) is 25.1 Å². The molecule has 168 valence electrons. The van der Waals surface area contributed by atoms with Crippen LogP contribution < -0.4 is 4.90 Å². The van der Waals surface area contributed by atoms with Gasteiger partial charge in [-0.2, -0.15) is 4.31 Å². The van der Waals surface area contributed by atoms with Crippen molar-refractivity contribution in [1.29, 1.82) is 0 Å². The lowest BCUT2D eigenvalue weighted by molar-refractivity contribution is -0.126. The molecule has 0 bridgehead atoms. The van der Waals surface area contributed by atoms with Crippen molar-refractivity contribution in [1.82, 2.24) is 4.31 Å². The lowest BCUT2D eigenvalue weighted by atomic mass is 10.2. The number of halogens is 1. The van der Waals surface area contributed by atoms with E-state index < -0.39 is 22.1 Å². The van der Waals surface area contributed by atoms with Crippen LogP contribution in [0.3, 0.4) is 0 Å². The molecule has 9 heteroatoms. The van der Waals surface area contributed by atoms with Gasteiger partial charge >= 0.3 is 5.97 Å². The van der Waals surface area contributed by atoms with Gasteiger partial charge in [-0.1, -0.05) is 43.6 Å². The van der Waals surface area contributed by atoms with E-state index in [4.69, 9.17) is 16.3 Å². The minimum absolute atomic E-state index is 0.00228. The number of para-hydroxylation sites is 1. The van der Waals surface area contributed by atoms with Gasteiger partial charge in [-0.25, -0.2) is 13.2 Å². The van der Waals surface area contributed by atoms with Crippen LogP contribution in [0.25, 0.3) is 0 Å². The van der Waals surface area contributed by atoms with Gasteiger partial charge in [0.05, 0.1) is 10.6 Å². The maximum Gasteiger partial charge on any atom is 0.338 e. The summed E-state index contributed by atoms with van der Waals surface area (Å²) in [6.07, 6.45) is -1.06. The Morgan fingerprint density at radius 2 is 1.61 bits per heavy atom. The summed E-state index contributed by atoms with van der Waals surface area (Å²) < 4.78 is 32.3. The predicted molar refractivity (Wildman–Crippen MR) is 121 cm³/mol. The first kappa shape index (κ1) is 24.8. The number of nitrogens with zero attached hydrogens (tertiary/aromatic N) is 2. The van der Waals surface area contributed by atoms with Crippen molar-refractivity contribution in [2.75, 3.05) is 24.5 Å². The topological polar surface area (TPSA) is 84.0 Å². The highest BCUT2D eigenvalue weighted by Gasteiger charge is 2.28. The largest absolute Gasteiger partial charge is 0.449 e. The lowest BCUT2D eigenvalue weighted by Gasteiger charge is -2.24. The van der Waals surface area contributed by atoms with Gasteiger partial charge in [0.15, 0.2) is 6.10 Å². The number of anilines is 1. The zero-order chi connectivity index (χ0) is 23.2. The Labute approximate surface area is 188 Å². The third-order valence-corrected chi connectivity index (χ3v) is 7.30. The fourth-order valence-corrected chi connectivity index (χ4v) is 5.06. The highest BCUT2D eigenvalue weighted by Crippen LogP contribution is 2.26. The van der Waals surface area contributed by atoms with Crippen LogP contribution in [-0.2, 0) is 19.6 Å². The van der Waals surface area contributed by atoms with Gasteiger partial charge in [0, 0.05) is 25.3 Å². The molecule has 2 rings (SSSR count). The number of carbonyl (C=O) groups is 2. The molecule has 1 atom stereocenters. The molecule has 0 N–H and O–H groups in total. The number of esters is 1. The maximum absolute atomic E-state index is 12.8. The third-order valence-electron chi connectivity index (χ3n) is 4.77. The summed E-state index contributed by atoms with van der Waals surface area (Å²) in [5.74, 6) is -1.19. The van der Waals surface area contributed by atoms with Crippen molar-refractivity contribution >= 4 is 39.2 Å². The van der Waals surface area contributed by atoms with Crippen LogP contribution in [0, 0.1) is 0 Å². The number of hydrogen-bond acceptors (Lipinski definition) is 5. The van der Waals surface area contributed by atoms with E-state index in [-0.39, 0.29) is 34.5 Å². The van der Waals surface area contributed by atoms with Gasteiger partial charge in [-0.15, -0.1) is 0 Å². The van der Waals surface area contributed by atoms with Crippen molar-refractivity contribution < 1.29 is 22.7 Å². The van der Waals surface area contributed by atoms with Gasteiger partial charge in [0.2, 0.25) is 10.0 Å². The molecule has 31 heavy (non-hydrogen) atoms. The number of benzene rings is 2. The highest BCUT2D eigenvalue weighted by atomic mass is 35.5. The molecule has 0 aliphatic rings. The van der Waals surface area contributed by atoms with E-state index in [9.17, 15) is 18.0 Å². The summed E-state index contributed by atoms with van der Waals surface area (Å²) in [5.41, 5.74) is 0.689. The van der Waals surface area contributed by atoms with Gasteiger partial charge < -0.3 is 9.64 Å². The van der Waals surface area contributed by atoms with Crippen molar-refractivity contribution in [3.05, 3.63) is 59.1 Å². The van der Waals surface area contributed by atoms with Gasteiger partial charge in [-0.05, 0) is 44.2 Å². The molecule has 2 aromatic rings. The van der Waals surface area contributed by atoms with Crippen molar-refractivity contribution in [3.63, 3.8) is 0 Å². The molecular weight excluding hydrogens is 440 g/mol. The summed E-state index contributed by atoms with van der Waals surface area (Å²) in [7, 11) is -3.87. The quantitative estimate of drug-likeness (QED) is 0.522. The molecule has 0 aromatic heterocycles. The second-order valence-electron chi connectivity index (χ2n) is 6.70. The summed E-state index contributed by atoms with van der Waals surface area (Å²) in [4.78, 5) is 26.8. The van der Waals surface area contributed by atoms with E-state index in [1.54, 1.807) is 26.0 Å². The standard InChI is InChI=1S/C22H27ClN2O5S/c1-5-24(6-2)31(28,29)20-15-17(13-14-19(20)23)22(27)30-16(4)21(26)25(7-3)18-11-9-8-10-12-18/h8-16H,5-7H2,1-4H3/t16-/m1/s1. The first-order valence-corrected chi connectivity index (χ1v) is 11.9. The van der Waals surface area contributed by atoms with E-state index in [0.29, 0.717) is 12.2 Å². The van der Waals surface area contributed by atoms with Crippen molar-refractivity contribution in [2.45, 2.75) is 38.7 Å². The Morgan fingerprint density at radius 3 is 2.16 bits per heavy atom. The molecule has 0 unspecified atom stereocenters. The summed E-state index contributed by atoms with van der Waals surface area (Å²) in [6, 6.07) is 12.9. The molecule has 0 saturated heterocycles. The fourth-order valence-electron chi connectivity index (χ4n) is 3.10. The first-order valence-electron chi connectivity index (χ1n) is 10.0. The van der Waals surface area contributed by atoms with Crippen molar-refractivity contribution in [3.8, 4) is 0 Å². The Bertz CT molecular complexity index is 1020. The number of likely N-dealkylation sites (N-methyl/N-ethyl adjacent to an activating group) is 1. The van der Waals surface area contributed by atoms with Crippen LogP contribution in [0.4, 0.5) is 5.69 Å². The zero-order valence-electron chi connectivity index (χ0n) is 18.0. The number of rotatable bonds is 9. The van der Waals surface area contributed by atoms with Crippen LogP contribution >= 0.6 is 11.6 Å². The molecular formula is C22H27ClN2O5S. The monoisotopic (exact) mass is 466 g/mol. The average molecular weight is 467 g/mol. The summed E-state index contributed by atoms with van der Waals surface area (Å²) in [5, 5.41) is 0.00816. The van der Waals surface area contributed by atoms with Crippen LogP contribution in [0.5, 0.6) is 0 Å². The molecule has 0 spiro atoms. The molecule has 0 saturated carbocycles. The number of amides is 1. The normalized spacial score (nSPS) is 12.5. The van der Waals surface area contributed by atoms with E-state index in [1.165, 1.54) is 34.3 Å². The molecule has 7 nitrogen and oxygen atoms in total. The van der Waals surface area contributed by atoms with Crippen molar-refractivity contribution in [2.24, 2.45) is 0 Å². The van der Waals surface area contributed by atoms with Gasteiger partial charge in [-0.3, -0.25) is 4.79 Å². The molecule has 0 radical (unpaired) electrons. The Hall–Kier alpha value is -2.42. The Balaban J connectivity index is 2.25. The van der Waals surface area contributed by atoms with Crippen LogP contribution in [0.2, 0.25) is 5.02 Å². The second-order valence-corrected chi connectivity index (χ2v) is 9.01. The molecule has 1 amide bonds. The van der Waals surface area contributed by atoms with Crippen LogP contribution in [0.1, 0.15) is 38.1 Å². The number of ether oxygens (including phenoxy) is 1. The zero-order valence-corrected chi connectivity index (χ0v) is 19.6. The Morgan fingerprint density at radius 1 is 1.00 bits per heavy atom. The van der Waals surface area contributed by atoms with E-state index in [0.717, 1.165) is 0 Å². The van der Waals surface area contributed by atoms with Gasteiger partial charge in [0.1, 0.15) is 4.90 Å². The SMILES string of the molecule is CCN(C(=O)[C@@H](C)OC(=O)c1ccc(Cl)c(S(=O)(=O)N(CC)CC)c1)c1ccccc1. The molecule has 0 aliphatic heterocycles. The number of sulfonamides is 1. The average Bonchev–Trinajstić information content (AvgIpc) is 2.75. The van der Waals surface area contributed by atoms with Gasteiger partial charge in [0.25, 0.3) is 5.91 Å². The third kappa shape index (κ3) is 5.64. The summed E-state index contributed by atoms with van der Waals surface area (Å²) in [6.45, 7) is 7.67. The molecule has 0 fully saturated rings. The molecule has 2 aromatic carbocycles. The number of hydrogen-bond donors (Lipinski definition) is 0. The second kappa shape index (κ2) is 10.7. The Kier molecular flexibility index (Phi) is 8.61. The minimum Gasteiger partial charge on any atom is -0.449 e. The van der Waals surface area contributed by atoms with Crippen LogP contribution in [0.15, 0.2) is 53.4 Å². The number of carbonyl (C=O) groups excluding carboxylic acids is 2. The highest BCUT2D eigenvalue weighted by molar-refractivity contribution is 7.89. The fraction of sp³-hybridized carbons (Fsp3) is 0.364. The minimum atomic E-state index is -3.87. The summed E-state index contributed by atoms with van der Waals surface area (Å²) >= 11 is 6.11. The van der Waals surface area contributed by atoms with Crippen LogP contribution in [-0.4, -0.2) is 50.3 Å². The predicted octanol–water partition coefficient (Wildman–Crippen LogP) is 3.97. The molecule has 0 heterocycles. The smallest absolute Gasteiger partial charge is 0.338 e. The molecule has 0 aliphatic carbocycles. The maximum atomic E-state index is 12.8. The van der Waals surface area contributed by atoms with E-state index >= 15 is 0 Å². The first-order chi connectivity index (χ1) is 14.7. The lowest BCUT2D eigenvalue weighted by Crippen LogP contribution is -2.40.